The molecule has 1 aromatic rings. The molecule has 0 radical (unpaired) electrons. The van der Waals surface area contributed by atoms with Gasteiger partial charge in [0.05, 0.1) is 12.6 Å². The van der Waals surface area contributed by atoms with Gasteiger partial charge in [0.2, 0.25) is 17.7 Å². The second-order valence-electron chi connectivity index (χ2n) is 7.90. The zero-order valence-electron chi connectivity index (χ0n) is 15.1. The van der Waals surface area contributed by atoms with E-state index in [1.165, 1.54) is 0 Å². The summed E-state index contributed by atoms with van der Waals surface area (Å²) in [4.78, 5) is 16.8. The van der Waals surface area contributed by atoms with Gasteiger partial charge in [0, 0.05) is 33.0 Å². The summed E-state index contributed by atoms with van der Waals surface area (Å²) in [6, 6.07) is 0. The van der Waals surface area contributed by atoms with Crippen LogP contribution < -0.4 is 0 Å². The fraction of sp³-hybridized carbons (Fsp3) is 0.833. The zero-order chi connectivity index (χ0) is 17.3. The van der Waals surface area contributed by atoms with Crippen LogP contribution >= 0.6 is 0 Å². The van der Waals surface area contributed by atoms with Crippen molar-refractivity contribution in [3.63, 3.8) is 0 Å². The Morgan fingerprint density at radius 3 is 2.76 bits per heavy atom. The lowest BCUT2D eigenvalue weighted by Gasteiger charge is -2.47. The monoisotopic (exact) mass is 348 g/mol. The first kappa shape index (κ1) is 17.0. The van der Waals surface area contributed by atoms with Crippen LogP contribution in [0.4, 0.5) is 0 Å². The number of aromatic nitrogens is 2. The van der Waals surface area contributed by atoms with Gasteiger partial charge in [-0.3, -0.25) is 9.69 Å². The minimum atomic E-state index is 0.250. The molecule has 25 heavy (non-hydrogen) atoms. The van der Waals surface area contributed by atoms with E-state index in [1.807, 2.05) is 6.92 Å². The molecule has 1 atom stereocenters. The largest absolute Gasteiger partial charge is 0.424 e. The summed E-state index contributed by atoms with van der Waals surface area (Å²) in [6.45, 7) is 7.15. The molecule has 7 heteroatoms. The van der Waals surface area contributed by atoms with Gasteiger partial charge in [-0.25, -0.2) is 0 Å². The van der Waals surface area contributed by atoms with Crippen LogP contribution in [0.25, 0.3) is 0 Å². The Hall–Kier alpha value is -1.47. The third-order valence-electron chi connectivity index (χ3n) is 6.04. The highest BCUT2D eigenvalue weighted by Gasteiger charge is 2.41. The Morgan fingerprint density at radius 1 is 1.24 bits per heavy atom. The minimum absolute atomic E-state index is 0.250. The molecule has 4 rings (SSSR count). The molecule has 0 aromatic carbocycles. The number of likely N-dealkylation sites (tertiary alicyclic amines) is 2. The summed E-state index contributed by atoms with van der Waals surface area (Å²) in [5.74, 6) is 1.64. The molecule has 1 aromatic heterocycles. The van der Waals surface area contributed by atoms with E-state index >= 15 is 0 Å². The summed E-state index contributed by atoms with van der Waals surface area (Å²) >= 11 is 0. The Balaban J connectivity index is 1.32. The smallest absolute Gasteiger partial charge is 0.230 e. The molecule has 7 nitrogen and oxygen atoms in total. The molecule has 138 valence electrons. The number of ether oxygens (including phenoxy) is 1. The summed E-state index contributed by atoms with van der Waals surface area (Å²) in [7, 11) is 0. The highest BCUT2D eigenvalue weighted by atomic mass is 16.5. The van der Waals surface area contributed by atoms with E-state index < -0.39 is 0 Å². The molecule has 0 unspecified atom stereocenters. The minimum Gasteiger partial charge on any atom is -0.424 e. The maximum absolute atomic E-state index is 12.3. The maximum Gasteiger partial charge on any atom is 0.230 e. The Labute approximate surface area is 148 Å². The molecule has 0 aliphatic carbocycles. The van der Waals surface area contributed by atoms with E-state index in [2.05, 4.69) is 20.0 Å². The van der Waals surface area contributed by atoms with Crippen molar-refractivity contribution in [1.29, 1.82) is 0 Å². The van der Waals surface area contributed by atoms with Crippen molar-refractivity contribution in [3.8, 4) is 0 Å². The topological polar surface area (TPSA) is 71.7 Å². The molecule has 0 saturated carbocycles. The van der Waals surface area contributed by atoms with Gasteiger partial charge >= 0.3 is 0 Å². The number of piperidine rings is 2. The molecule has 3 aliphatic rings. The van der Waals surface area contributed by atoms with E-state index in [0.717, 1.165) is 71.4 Å². The third-order valence-corrected chi connectivity index (χ3v) is 6.04. The maximum atomic E-state index is 12.3. The highest BCUT2D eigenvalue weighted by molar-refractivity contribution is 5.77. The molecule has 3 fully saturated rings. The van der Waals surface area contributed by atoms with Gasteiger partial charge in [0.25, 0.3) is 0 Å². The van der Waals surface area contributed by atoms with Crippen LogP contribution in [-0.2, 0) is 16.1 Å². The number of hydrogen-bond acceptors (Lipinski definition) is 6. The molecule has 0 N–H and O–H groups in total. The van der Waals surface area contributed by atoms with Crippen molar-refractivity contribution in [3.05, 3.63) is 11.8 Å². The van der Waals surface area contributed by atoms with Crippen LogP contribution in [0.3, 0.4) is 0 Å². The van der Waals surface area contributed by atoms with Crippen molar-refractivity contribution in [2.45, 2.75) is 58.1 Å². The highest BCUT2D eigenvalue weighted by Crippen LogP contribution is 2.40. The fourth-order valence-corrected chi connectivity index (χ4v) is 4.49. The van der Waals surface area contributed by atoms with Crippen molar-refractivity contribution < 1.29 is 13.9 Å². The van der Waals surface area contributed by atoms with E-state index in [0.29, 0.717) is 24.1 Å². The Morgan fingerprint density at radius 2 is 2.08 bits per heavy atom. The van der Waals surface area contributed by atoms with Crippen molar-refractivity contribution in [1.82, 2.24) is 20.0 Å². The molecule has 3 saturated heterocycles. The SMILES string of the molecule is Cc1nnc(CN2CCC3(CCC(=O)N(C[C@@H]4CCCO4)C3)CC2)o1. The second kappa shape index (κ2) is 7.03. The van der Waals surface area contributed by atoms with E-state index in [9.17, 15) is 4.79 Å². The summed E-state index contributed by atoms with van der Waals surface area (Å²) in [6.07, 6.45) is 6.46. The lowest BCUT2D eigenvalue weighted by Crippen LogP contribution is -2.52. The first-order valence-corrected chi connectivity index (χ1v) is 9.53. The average Bonchev–Trinajstić information content (AvgIpc) is 3.25. The lowest BCUT2D eigenvalue weighted by molar-refractivity contribution is -0.141. The summed E-state index contributed by atoms with van der Waals surface area (Å²) < 4.78 is 11.2. The number of carbonyl (C=O) groups excluding carboxylic acids is 1. The second-order valence-corrected chi connectivity index (χ2v) is 7.90. The average molecular weight is 348 g/mol. The number of hydrogen-bond donors (Lipinski definition) is 0. The summed E-state index contributed by atoms with van der Waals surface area (Å²) in [5, 5.41) is 8.00. The van der Waals surface area contributed by atoms with Gasteiger partial charge in [-0.1, -0.05) is 0 Å². The number of amides is 1. The van der Waals surface area contributed by atoms with Gasteiger partial charge < -0.3 is 14.1 Å². The van der Waals surface area contributed by atoms with Gasteiger partial charge in [-0.15, -0.1) is 10.2 Å². The molecular weight excluding hydrogens is 320 g/mol. The fourth-order valence-electron chi connectivity index (χ4n) is 4.49. The standard InChI is InChI=1S/C18H28N4O3/c1-14-19-20-16(25-14)12-21-8-6-18(7-9-21)5-4-17(23)22(13-18)11-15-3-2-10-24-15/h15H,2-13H2,1H3/t15-/m0/s1. The molecule has 1 amide bonds. The van der Waals surface area contributed by atoms with Gasteiger partial charge in [0.1, 0.15) is 0 Å². The first-order valence-electron chi connectivity index (χ1n) is 9.53. The van der Waals surface area contributed by atoms with Crippen LogP contribution in [0.1, 0.15) is 50.3 Å². The van der Waals surface area contributed by atoms with Crippen LogP contribution in [0.15, 0.2) is 4.42 Å². The third kappa shape index (κ3) is 3.87. The van der Waals surface area contributed by atoms with Gasteiger partial charge in [-0.2, -0.15) is 0 Å². The van der Waals surface area contributed by atoms with Crippen LogP contribution in [0.2, 0.25) is 0 Å². The van der Waals surface area contributed by atoms with E-state index in [1.54, 1.807) is 0 Å². The van der Waals surface area contributed by atoms with Crippen LogP contribution in [-0.4, -0.2) is 64.8 Å². The Bertz CT molecular complexity index is 603. The zero-order valence-corrected chi connectivity index (χ0v) is 15.1. The number of rotatable bonds is 4. The van der Waals surface area contributed by atoms with Gasteiger partial charge in [0.15, 0.2) is 0 Å². The number of carbonyl (C=O) groups is 1. The predicted molar refractivity (Wildman–Crippen MR) is 90.8 cm³/mol. The van der Waals surface area contributed by atoms with Crippen LogP contribution in [0, 0.1) is 12.3 Å². The van der Waals surface area contributed by atoms with Gasteiger partial charge in [-0.05, 0) is 50.6 Å². The van der Waals surface area contributed by atoms with Crippen molar-refractivity contribution in [2.24, 2.45) is 5.41 Å². The summed E-state index contributed by atoms with van der Waals surface area (Å²) in [5.41, 5.74) is 0.285. The predicted octanol–water partition coefficient (Wildman–Crippen LogP) is 1.76. The molecule has 4 heterocycles. The van der Waals surface area contributed by atoms with Crippen LogP contribution in [0.5, 0.6) is 0 Å². The molecule has 0 bridgehead atoms. The Kier molecular flexibility index (Phi) is 4.78. The van der Waals surface area contributed by atoms with Crippen molar-refractivity contribution >= 4 is 5.91 Å². The first-order chi connectivity index (χ1) is 12.1. The van der Waals surface area contributed by atoms with E-state index in [4.69, 9.17) is 9.15 Å². The lowest BCUT2D eigenvalue weighted by atomic mass is 9.72. The normalized spacial score (nSPS) is 27.3. The number of aryl methyl sites for hydroxylation is 1. The quantitative estimate of drug-likeness (QED) is 0.826. The molecule has 1 spiro atoms. The number of nitrogens with zero attached hydrogens (tertiary/aromatic N) is 4. The molecule has 3 aliphatic heterocycles. The molecular formula is C18H28N4O3. The van der Waals surface area contributed by atoms with Crippen molar-refractivity contribution in [2.75, 3.05) is 32.8 Å². The van der Waals surface area contributed by atoms with E-state index in [-0.39, 0.29) is 11.5 Å².